The molecule has 0 saturated carbocycles. The summed E-state index contributed by atoms with van der Waals surface area (Å²) in [5, 5.41) is 9.30. The highest BCUT2D eigenvalue weighted by atomic mass is 19.1. The van der Waals surface area contributed by atoms with Crippen LogP contribution in [0.2, 0.25) is 0 Å². The predicted molar refractivity (Wildman–Crippen MR) is 72.9 cm³/mol. The maximum absolute atomic E-state index is 13.3. The molecule has 1 N–H and O–H groups in total. The highest BCUT2D eigenvalue weighted by molar-refractivity contribution is 5.88. The summed E-state index contributed by atoms with van der Waals surface area (Å²) in [5.41, 5.74) is 0.512. The molecule has 3 aromatic rings. The van der Waals surface area contributed by atoms with Crippen molar-refractivity contribution >= 4 is 11.6 Å². The molecule has 0 unspecified atom stereocenters. The monoisotopic (exact) mass is 286 g/mol. The molecule has 0 amide bonds. The summed E-state index contributed by atoms with van der Waals surface area (Å²) in [4.78, 5) is 15.6. The maximum atomic E-state index is 13.3. The van der Waals surface area contributed by atoms with Crippen molar-refractivity contribution in [3.05, 3.63) is 65.9 Å². The third-order valence-corrected chi connectivity index (χ3v) is 2.98. The number of para-hydroxylation sites is 1. The Morgan fingerprint density at radius 2 is 2.00 bits per heavy atom. The topological polar surface area (TPSA) is 63.8 Å². The van der Waals surface area contributed by atoms with Crippen LogP contribution in [0, 0.1) is 5.82 Å². The van der Waals surface area contributed by atoms with Gasteiger partial charge in [-0.3, -0.25) is 4.40 Å². The van der Waals surface area contributed by atoms with Crippen LogP contribution < -0.4 is 4.74 Å². The lowest BCUT2D eigenvalue weighted by Gasteiger charge is -2.04. The van der Waals surface area contributed by atoms with Crippen LogP contribution in [-0.4, -0.2) is 20.5 Å². The largest absolute Gasteiger partial charge is 0.487 e. The van der Waals surface area contributed by atoms with Crippen molar-refractivity contribution in [2.75, 3.05) is 0 Å². The summed E-state index contributed by atoms with van der Waals surface area (Å²) < 4.78 is 20.0. The number of benzene rings is 1. The lowest BCUT2D eigenvalue weighted by molar-refractivity contribution is 0.0686. The van der Waals surface area contributed by atoms with E-state index >= 15 is 0 Å². The van der Waals surface area contributed by atoms with E-state index in [1.54, 1.807) is 12.1 Å². The van der Waals surface area contributed by atoms with Gasteiger partial charge in [0, 0.05) is 6.20 Å². The van der Waals surface area contributed by atoms with E-state index < -0.39 is 11.8 Å². The van der Waals surface area contributed by atoms with Gasteiger partial charge >= 0.3 is 5.97 Å². The molecule has 21 heavy (non-hydrogen) atoms. The van der Waals surface area contributed by atoms with Crippen molar-refractivity contribution in [1.29, 1.82) is 0 Å². The third kappa shape index (κ3) is 2.55. The Kier molecular flexibility index (Phi) is 3.27. The molecule has 0 aliphatic heterocycles. The van der Waals surface area contributed by atoms with Gasteiger partial charge in [0.2, 0.25) is 0 Å². The zero-order chi connectivity index (χ0) is 14.8. The van der Waals surface area contributed by atoms with E-state index in [2.05, 4.69) is 4.98 Å². The molecule has 6 heteroatoms. The molecule has 2 aromatic heterocycles. The van der Waals surface area contributed by atoms with Crippen LogP contribution in [0.4, 0.5) is 4.39 Å². The maximum Gasteiger partial charge on any atom is 0.354 e. The van der Waals surface area contributed by atoms with Crippen LogP contribution >= 0.6 is 0 Å². The molecule has 5 nitrogen and oxygen atoms in total. The highest BCUT2D eigenvalue weighted by Gasteiger charge is 2.19. The first-order chi connectivity index (χ1) is 10.1. The SMILES string of the molecule is O=C(O)c1c(COc2ccccc2)nc2ccc(F)cn12. The van der Waals surface area contributed by atoms with Gasteiger partial charge in [-0.25, -0.2) is 14.2 Å². The quantitative estimate of drug-likeness (QED) is 0.801. The van der Waals surface area contributed by atoms with Crippen molar-refractivity contribution in [2.45, 2.75) is 6.61 Å². The van der Waals surface area contributed by atoms with Gasteiger partial charge in [-0.1, -0.05) is 18.2 Å². The number of pyridine rings is 1. The second kappa shape index (κ2) is 5.24. The fraction of sp³-hybridized carbons (Fsp3) is 0.0667. The number of nitrogens with zero attached hydrogens (tertiary/aromatic N) is 2. The van der Waals surface area contributed by atoms with Crippen molar-refractivity contribution < 1.29 is 19.0 Å². The molecule has 0 bridgehead atoms. The van der Waals surface area contributed by atoms with E-state index in [1.807, 2.05) is 18.2 Å². The average molecular weight is 286 g/mol. The van der Waals surface area contributed by atoms with Gasteiger partial charge < -0.3 is 9.84 Å². The first kappa shape index (κ1) is 13.1. The number of aromatic nitrogens is 2. The standard InChI is InChI=1S/C15H11FN2O3/c16-10-6-7-13-17-12(14(15(19)20)18(13)8-10)9-21-11-4-2-1-3-5-11/h1-8H,9H2,(H,19,20). The van der Waals surface area contributed by atoms with E-state index in [-0.39, 0.29) is 18.0 Å². The Hall–Kier alpha value is -2.89. The number of carboxylic acids is 1. The minimum atomic E-state index is -1.18. The van der Waals surface area contributed by atoms with E-state index in [9.17, 15) is 14.3 Å². The number of halogens is 1. The summed E-state index contributed by atoms with van der Waals surface area (Å²) in [6.07, 6.45) is 1.10. The summed E-state index contributed by atoms with van der Waals surface area (Å²) in [7, 11) is 0. The predicted octanol–water partition coefficient (Wildman–Crippen LogP) is 2.75. The second-order valence-electron chi connectivity index (χ2n) is 4.39. The van der Waals surface area contributed by atoms with Crippen LogP contribution in [0.1, 0.15) is 16.2 Å². The first-order valence-electron chi connectivity index (χ1n) is 6.23. The van der Waals surface area contributed by atoms with Crippen LogP contribution in [0.3, 0.4) is 0 Å². The molecule has 0 aliphatic rings. The van der Waals surface area contributed by atoms with Gasteiger partial charge in [0.05, 0.1) is 0 Å². The molecule has 0 spiro atoms. The number of hydrogen-bond donors (Lipinski definition) is 1. The molecule has 0 atom stereocenters. The number of carbonyl (C=O) groups is 1. The van der Waals surface area contributed by atoms with Crippen LogP contribution in [0.5, 0.6) is 5.75 Å². The van der Waals surface area contributed by atoms with Gasteiger partial charge in [-0.05, 0) is 24.3 Å². The number of carboxylic acid groups (broad SMARTS) is 1. The number of imidazole rings is 1. The molecular formula is C15H11FN2O3. The van der Waals surface area contributed by atoms with Crippen molar-refractivity contribution in [3.63, 3.8) is 0 Å². The molecule has 0 radical (unpaired) electrons. The minimum Gasteiger partial charge on any atom is -0.487 e. The number of fused-ring (bicyclic) bond motifs is 1. The van der Waals surface area contributed by atoms with Crippen molar-refractivity contribution in [1.82, 2.24) is 9.38 Å². The average Bonchev–Trinajstić information content (AvgIpc) is 2.84. The van der Waals surface area contributed by atoms with E-state index in [4.69, 9.17) is 4.74 Å². The summed E-state index contributed by atoms with van der Waals surface area (Å²) in [6, 6.07) is 11.7. The van der Waals surface area contributed by atoms with Gasteiger partial charge in [0.25, 0.3) is 0 Å². The molecule has 0 fully saturated rings. The van der Waals surface area contributed by atoms with E-state index in [0.29, 0.717) is 11.4 Å². The Balaban J connectivity index is 1.98. The normalized spacial score (nSPS) is 10.7. The van der Waals surface area contributed by atoms with Crippen LogP contribution in [-0.2, 0) is 6.61 Å². The Morgan fingerprint density at radius 1 is 1.24 bits per heavy atom. The third-order valence-electron chi connectivity index (χ3n) is 2.98. The lowest BCUT2D eigenvalue weighted by atomic mass is 10.3. The number of hydrogen-bond acceptors (Lipinski definition) is 3. The molecular weight excluding hydrogens is 275 g/mol. The zero-order valence-corrected chi connectivity index (χ0v) is 10.9. The smallest absolute Gasteiger partial charge is 0.354 e. The Morgan fingerprint density at radius 3 is 2.71 bits per heavy atom. The molecule has 3 rings (SSSR count). The molecule has 2 heterocycles. The first-order valence-corrected chi connectivity index (χ1v) is 6.23. The van der Waals surface area contributed by atoms with Gasteiger partial charge in [0.15, 0.2) is 5.69 Å². The van der Waals surface area contributed by atoms with Gasteiger partial charge in [-0.15, -0.1) is 0 Å². The number of ether oxygens (including phenoxy) is 1. The number of aromatic carboxylic acids is 1. The summed E-state index contributed by atoms with van der Waals surface area (Å²) in [6.45, 7) is -0.00501. The molecule has 106 valence electrons. The lowest BCUT2D eigenvalue weighted by Crippen LogP contribution is -2.08. The van der Waals surface area contributed by atoms with E-state index in [0.717, 1.165) is 6.20 Å². The molecule has 0 saturated heterocycles. The zero-order valence-electron chi connectivity index (χ0n) is 10.9. The Labute approximate surface area is 119 Å². The molecule has 1 aromatic carbocycles. The van der Waals surface area contributed by atoms with Crippen LogP contribution in [0.15, 0.2) is 48.7 Å². The Bertz CT molecular complexity index is 799. The second-order valence-corrected chi connectivity index (χ2v) is 4.39. The summed E-state index contributed by atoms with van der Waals surface area (Å²) >= 11 is 0. The fourth-order valence-corrected chi connectivity index (χ4v) is 2.06. The highest BCUT2D eigenvalue weighted by Crippen LogP contribution is 2.17. The van der Waals surface area contributed by atoms with Crippen molar-refractivity contribution in [2.24, 2.45) is 0 Å². The number of rotatable bonds is 4. The van der Waals surface area contributed by atoms with E-state index in [1.165, 1.54) is 16.5 Å². The van der Waals surface area contributed by atoms with Crippen molar-refractivity contribution in [3.8, 4) is 5.75 Å². The fourth-order valence-electron chi connectivity index (χ4n) is 2.06. The minimum absolute atomic E-state index is 0.00501. The van der Waals surface area contributed by atoms with Gasteiger partial charge in [0.1, 0.15) is 29.5 Å². The van der Waals surface area contributed by atoms with Crippen LogP contribution in [0.25, 0.3) is 5.65 Å². The summed E-state index contributed by atoms with van der Waals surface area (Å²) in [5.74, 6) is -1.10. The van der Waals surface area contributed by atoms with Gasteiger partial charge in [-0.2, -0.15) is 0 Å². The molecule has 0 aliphatic carbocycles.